The molecule has 0 spiro atoms. The second-order valence-corrected chi connectivity index (χ2v) is 4.87. The molecule has 1 unspecified atom stereocenters. The van der Waals surface area contributed by atoms with E-state index in [1.165, 1.54) is 0 Å². The molecule has 0 saturated heterocycles. The fourth-order valence-corrected chi connectivity index (χ4v) is 1.93. The van der Waals surface area contributed by atoms with Crippen LogP contribution >= 0.6 is 15.9 Å². The largest absolute Gasteiger partial charge is 0.467 e. The summed E-state index contributed by atoms with van der Waals surface area (Å²) >= 11 is 3.33. The Kier molecular flexibility index (Phi) is 4.76. The smallest absolute Gasteiger partial charge is 0.251 e. The molecule has 5 heteroatoms. The minimum atomic E-state index is -0.283. The van der Waals surface area contributed by atoms with Crippen molar-refractivity contribution in [3.05, 3.63) is 58.5 Å². The lowest BCUT2D eigenvalue weighted by Gasteiger charge is -2.13. The van der Waals surface area contributed by atoms with Gasteiger partial charge in [0.15, 0.2) is 0 Å². The van der Waals surface area contributed by atoms with Crippen LogP contribution in [-0.4, -0.2) is 19.6 Å². The molecule has 1 N–H and O–H groups in total. The van der Waals surface area contributed by atoms with Crippen LogP contribution in [0, 0.1) is 0 Å². The Labute approximate surface area is 119 Å². The van der Waals surface area contributed by atoms with Gasteiger partial charge in [0.05, 0.1) is 12.8 Å². The molecular weight excluding hydrogens is 310 g/mol. The Morgan fingerprint density at radius 3 is 2.68 bits per heavy atom. The summed E-state index contributed by atoms with van der Waals surface area (Å²) in [7, 11) is 1.58. The van der Waals surface area contributed by atoms with Gasteiger partial charge in [-0.3, -0.25) is 4.79 Å². The lowest BCUT2D eigenvalue weighted by Crippen LogP contribution is -2.28. The molecule has 19 heavy (non-hydrogen) atoms. The van der Waals surface area contributed by atoms with Crippen LogP contribution in [0.1, 0.15) is 22.2 Å². The van der Waals surface area contributed by atoms with Crippen molar-refractivity contribution in [2.75, 3.05) is 13.7 Å². The predicted octanol–water partition coefficient (Wildman–Crippen LogP) is 3.16. The second-order valence-electron chi connectivity index (χ2n) is 3.96. The van der Waals surface area contributed by atoms with Gasteiger partial charge < -0.3 is 14.5 Å². The van der Waals surface area contributed by atoms with Crippen LogP contribution in [0.15, 0.2) is 51.6 Å². The zero-order valence-electron chi connectivity index (χ0n) is 10.4. The number of amides is 1. The molecule has 100 valence electrons. The van der Waals surface area contributed by atoms with E-state index in [1.807, 2.05) is 18.2 Å². The van der Waals surface area contributed by atoms with Crippen LogP contribution < -0.4 is 5.32 Å². The van der Waals surface area contributed by atoms with Gasteiger partial charge in [-0.05, 0) is 36.4 Å². The van der Waals surface area contributed by atoms with Crippen LogP contribution in [0.3, 0.4) is 0 Å². The number of ether oxygens (including phenoxy) is 1. The Bertz CT molecular complexity index is 522. The number of rotatable bonds is 5. The minimum Gasteiger partial charge on any atom is -0.467 e. The molecule has 0 fully saturated rings. The fourth-order valence-electron chi connectivity index (χ4n) is 1.66. The van der Waals surface area contributed by atoms with E-state index in [0.717, 1.165) is 4.47 Å². The van der Waals surface area contributed by atoms with Crippen LogP contribution in [0.25, 0.3) is 0 Å². The van der Waals surface area contributed by atoms with Crippen LogP contribution in [0.2, 0.25) is 0 Å². The van der Waals surface area contributed by atoms with Gasteiger partial charge in [-0.2, -0.15) is 0 Å². The number of hydrogen-bond donors (Lipinski definition) is 1. The van der Waals surface area contributed by atoms with E-state index < -0.39 is 0 Å². The minimum absolute atomic E-state index is 0.138. The Morgan fingerprint density at radius 2 is 2.11 bits per heavy atom. The first kappa shape index (κ1) is 13.8. The van der Waals surface area contributed by atoms with Gasteiger partial charge in [-0.15, -0.1) is 0 Å². The summed E-state index contributed by atoms with van der Waals surface area (Å²) in [5.41, 5.74) is 0.609. The number of hydrogen-bond acceptors (Lipinski definition) is 3. The Balaban J connectivity index is 1.94. The molecule has 1 atom stereocenters. The van der Waals surface area contributed by atoms with E-state index in [-0.39, 0.29) is 12.0 Å². The highest BCUT2D eigenvalue weighted by atomic mass is 79.9. The number of furan rings is 1. The van der Waals surface area contributed by atoms with Crippen LogP contribution in [0.5, 0.6) is 0 Å². The molecule has 2 rings (SSSR count). The lowest BCUT2D eigenvalue weighted by molar-refractivity contribution is 0.0738. The van der Waals surface area contributed by atoms with Gasteiger partial charge in [0, 0.05) is 17.1 Å². The first-order valence-electron chi connectivity index (χ1n) is 5.80. The maximum atomic E-state index is 11.9. The molecular formula is C14H14BrNO3. The molecule has 0 saturated carbocycles. The van der Waals surface area contributed by atoms with Gasteiger partial charge in [0.1, 0.15) is 11.9 Å². The highest BCUT2D eigenvalue weighted by Crippen LogP contribution is 2.16. The van der Waals surface area contributed by atoms with Crippen molar-refractivity contribution >= 4 is 21.8 Å². The van der Waals surface area contributed by atoms with Crippen LogP contribution in [-0.2, 0) is 4.74 Å². The van der Waals surface area contributed by atoms with Crippen molar-refractivity contribution in [2.45, 2.75) is 6.10 Å². The zero-order chi connectivity index (χ0) is 13.7. The monoisotopic (exact) mass is 323 g/mol. The van der Waals surface area contributed by atoms with Gasteiger partial charge >= 0.3 is 0 Å². The van der Waals surface area contributed by atoms with Crippen LogP contribution in [0.4, 0.5) is 0 Å². The molecule has 0 aliphatic carbocycles. The summed E-state index contributed by atoms with van der Waals surface area (Å²) < 4.78 is 11.5. The first-order chi connectivity index (χ1) is 9.20. The summed E-state index contributed by atoms with van der Waals surface area (Å²) in [6.45, 7) is 0.360. The normalized spacial score (nSPS) is 12.1. The van der Waals surface area contributed by atoms with Crippen molar-refractivity contribution in [1.29, 1.82) is 0 Å². The predicted molar refractivity (Wildman–Crippen MR) is 74.9 cm³/mol. The highest BCUT2D eigenvalue weighted by Gasteiger charge is 2.15. The standard InChI is InChI=1S/C14H14BrNO3/c1-18-13(12-3-2-8-19-12)9-16-14(17)10-4-6-11(15)7-5-10/h2-8,13H,9H2,1H3,(H,16,17). The number of halogens is 1. The summed E-state index contributed by atoms with van der Waals surface area (Å²) in [5.74, 6) is 0.555. The Morgan fingerprint density at radius 1 is 1.37 bits per heavy atom. The molecule has 0 bridgehead atoms. The van der Waals surface area contributed by atoms with E-state index in [4.69, 9.17) is 9.15 Å². The Hall–Kier alpha value is -1.59. The molecule has 1 aromatic heterocycles. The van der Waals surface area contributed by atoms with Crippen molar-refractivity contribution in [1.82, 2.24) is 5.32 Å². The molecule has 1 aromatic carbocycles. The number of carbonyl (C=O) groups is 1. The van der Waals surface area contributed by atoms with E-state index >= 15 is 0 Å². The number of benzene rings is 1. The number of carbonyl (C=O) groups excluding carboxylic acids is 1. The van der Waals surface area contributed by atoms with Crippen molar-refractivity contribution in [3.63, 3.8) is 0 Å². The topological polar surface area (TPSA) is 51.5 Å². The molecule has 1 heterocycles. The quantitative estimate of drug-likeness (QED) is 0.919. The van der Waals surface area contributed by atoms with Crippen molar-refractivity contribution in [2.24, 2.45) is 0 Å². The fraction of sp³-hybridized carbons (Fsp3) is 0.214. The average molecular weight is 324 g/mol. The molecule has 2 aromatic rings. The number of methoxy groups -OCH3 is 1. The van der Waals surface area contributed by atoms with Gasteiger partial charge in [-0.1, -0.05) is 15.9 Å². The third-order valence-corrected chi connectivity index (χ3v) is 3.23. The second kappa shape index (κ2) is 6.54. The van der Waals surface area contributed by atoms with E-state index in [1.54, 1.807) is 31.6 Å². The van der Waals surface area contributed by atoms with Gasteiger partial charge in [-0.25, -0.2) is 0 Å². The van der Waals surface area contributed by atoms with E-state index in [0.29, 0.717) is 17.9 Å². The third kappa shape index (κ3) is 3.68. The summed E-state index contributed by atoms with van der Waals surface area (Å²) in [4.78, 5) is 11.9. The van der Waals surface area contributed by atoms with Gasteiger partial charge in [0.25, 0.3) is 5.91 Å². The molecule has 4 nitrogen and oxygen atoms in total. The lowest BCUT2D eigenvalue weighted by atomic mass is 10.2. The SMILES string of the molecule is COC(CNC(=O)c1ccc(Br)cc1)c1ccco1. The van der Waals surface area contributed by atoms with Crippen molar-refractivity contribution < 1.29 is 13.9 Å². The number of nitrogens with one attached hydrogen (secondary N) is 1. The highest BCUT2D eigenvalue weighted by molar-refractivity contribution is 9.10. The average Bonchev–Trinajstić information content (AvgIpc) is 2.94. The third-order valence-electron chi connectivity index (χ3n) is 2.70. The maximum absolute atomic E-state index is 11.9. The molecule has 0 aliphatic rings. The van der Waals surface area contributed by atoms with Crippen molar-refractivity contribution in [3.8, 4) is 0 Å². The first-order valence-corrected chi connectivity index (χ1v) is 6.60. The van der Waals surface area contributed by atoms with E-state index in [9.17, 15) is 4.79 Å². The van der Waals surface area contributed by atoms with E-state index in [2.05, 4.69) is 21.2 Å². The maximum Gasteiger partial charge on any atom is 0.251 e. The molecule has 1 amide bonds. The summed E-state index contributed by atoms with van der Waals surface area (Å²) in [6.07, 6.45) is 1.30. The molecule has 0 aliphatic heterocycles. The molecule has 0 radical (unpaired) electrons. The summed E-state index contributed by atoms with van der Waals surface area (Å²) in [6, 6.07) is 10.8. The van der Waals surface area contributed by atoms with Gasteiger partial charge in [0.2, 0.25) is 0 Å². The zero-order valence-corrected chi connectivity index (χ0v) is 12.0. The summed E-state index contributed by atoms with van der Waals surface area (Å²) in [5, 5.41) is 2.82.